The molecule has 0 spiro atoms. The van der Waals surface area contributed by atoms with E-state index < -0.39 is 5.97 Å². The number of nitrogens with one attached hydrogen (secondary N) is 1. The van der Waals surface area contributed by atoms with Gasteiger partial charge in [0.05, 0.1) is 6.61 Å². The van der Waals surface area contributed by atoms with Crippen LogP contribution in [-0.4, -0.2) is 23.5 Å². The Morgan fingerprint density at radius 1 is 1.43 bits per heavy atom. The summed E-state index contributed by atoms with van der Waals surface area (Å²) in [6, 6.07) is 0. The molecule has 0 radical (unpaired) electrons. The predicted octanol–water partition coefficient (Wildman–Crippen LogP) is 3.53. The zero-order valence-corrected chi connectivity index (χ0v) is 13.7. The van der Waals surface area contributed by atoms with E-state index in [1.54, 1.807) is 6.92 Å². The van der Waals surface area contributed by atoms with Crippen LogP contribution in [0.15, 0.2) is 0 Å². The summed E-state index contributed by atoms with van der Waals surface area (Å²) < 4.78 is 9.07. The highest BCUT2D eigenvalue weighted by atomic mass is 32.1. The van der Waals surface area contributed by atoms with Crippen molar-refractivity contribution in [2.75, 3.05) is 24.2 Å². The second kappa shape index (κ2) is 7.64. The standard InChI is InChI=1S/C15H25N3O2S/c1-3-20-15(19)12-13(16)18-21-14(12)17-9-8-11-6-4-10(2)5-7-11/h10-11,17H,3-9H2,1-2H3,(H2,16,18). The molecule has 1 heterocycles. The van der Waals surface area contributed by atoms with E-state index in [0.717, 1.165) is 29.8 Å². The highest BCUT2D eigenvalue weighted by Gasteiger charge is 2.21. The molecule has 0 aliphatic heterocycles. The summed E-state index contributed by atoms with van der Waals surface area (Å²) in [6.07, 6.45) is 6.45. The quantitative estimate of drug-likeness (QED) is 0.786. The minimum absolute atomic E-state index is 0.257. The van der Waals surface area contributed by atoms with Gasteiger partial charge < -0.3 is 15.8 Å². The lowest BCUT2D eigenvalue weighted by Gasteiger charge is -2.26. The van der Waals surface area contributed by atoms with Crippen LogP contribution in [0.3, 0.4) is 0 Å². The molecule has 1 saturated carbocycles. The molecule has 21 heavy (non-hydrogen) atoms. The number of anilines is 2. The van der Waals surface area contributed by atoms with Crippen molar-refractivity contribution in [3.8, 4) is 0 Å². The first kappa shape index (κ1) is 16.1. The maximum absolute atomic E-state index is 11.9. The smallest absolute Gasteiger partial charge is 0.344 e. The molecule has 1 aromatic rings. The zero-order valence-electron chi connectivity index (χ0n) is 12.9. The van der Waals surface area contributed by atoms with E-state index in [-0.39, 0.29) is 5.82 Å². The van der Waals surface area contributed by atoms with Crippen LogP contribution < -0.4 is 11.1 Å². The topological polar surface area (TPSA) is 77.2 Å². The monoisotopic (exact) mass is 311 g/mol. The number of aromatic nitrogens is 1. The Balaban J connectivity index is 1.84. The van der Waals surface area contributed by atoms with E-state index in [2.05, 4.69) is 16.6 Å². The maximum atomic E-state index is 11.9. The molecule has 1 aromatic heterocycles. The van der Waals surface area contributed by atoms with Crippen LogP contribution in [0.1, 0.15) is 56.3 Å². The van der Waals surface area contributed by atoms with Gasteiger partial charge in [0.25, 0.3) is 0 Å². The Hall–Kier alpha value is -1.30. The molecule has 118 valence electrons. The largest absolute Gasteiger partial charge is 0.462 e. The van der Waals surface area contributed by atoms with Gasteiger partial charge in [-0.1, -0.05) is 32.6 Å². The second-order valence-corrected chi connectivity index (χ2v) is 6.61. The minimum Gasteiger partial charge on any atom is -0.462 e. The Kier molecular flexibility index (Phi) is 5.85. The van der Waals surface area contributed by atoms with Crippen molar-refractivity contribution >= 4 is 28.3 Å². The van der Waals surface area contributed by atoms with E-state index in [1.807, 2.05) is 0 Å². The number of esters is 1. The number of rotatable bonds is 6. The molecule has 0 unspecified atom stereocenters. The van der Waals surface area contributed by atoms with Gasteiger partial charge in [-0.05, 0) is 36.7 Å². The number of nitrogens with two attached hydrogens (primary N) is 1. The lowest BCUT2D eigenvalue weighted by molar-refractivity contribution is 0.0529. The average Bonchev–Trinajstić information content (AvgIpc) is 2.82. The lowest BCUT2D eigenvalue weighted by Crippen LogP contribution is -2.16. The molecule has 5 nitrogen and oxygen atoms in total. The fourth-order valence-corrected chi connectivity index (χ4v) is 3.56. The highest BCUT2D eigenvalue weighted by molar-refractivity contribution is 7.11. The highest BCUT2D eigenvalue weighted by Crippen LogP contribution is 2.31. The van der Waals surface area contributed by atoms with Crippen LogP contribution in [0.25, 0.3) is 0 Å². The number of nitrogens with zero attached hydrogens (tertiary/aromatic N) is 1. The van der Waals surface area contributed by atoms with Gasteiger partial charge in [-0.3, -0.25) is 0 Å². The van der Waals surface area contributed by atoms with Gasteiger partial charge in [0, 0.05) is 6.54 Å². The van der Waals surface area contributed by atoms with Crippen molar-refractivity contribution in [3.63, 3.8) is 0 Å². The minimum atomic E-state index is -0.391. The number of nitrogen functional groups attached to an aromatic ring is 1. The van der Waals surface area contributed by atoms with E-state index in [9.17, 15) is 4.79 Å². The van der Waals surface area contributed by atoms with Crippen LogP contribution in [0.2, 0.25) is 0 Å². The summed E-state index contributed by atoms with van der Waals surface area (Å²) in [5.41, 5.74) is 6.15. The summed E-state index contributed by atoms with van der Waals surface area (Å²) in [7, 11) is 0. The molecular weight excluding hydrogens is 286 g/mol. The average molecular weight is 311 g/mol. The fraction of sp³-hybridized carbons (Fsp3) is 0.733. The molecule has 3 N–H and O–H groups in total. The fourth-order valence-electron chi connectivity index (χ4n) is 2.83. The molecule has 0 bridgehead atoms. The molecule has 1 aliphatic rings. The van der Waals surface area contributed by atoms with Crippen molar-refractivity contribution < 1.29 is 9.53 Å². The van der Waals surface area contributed by atoms with Crippen LogP contribution in [0.5, 0.6) is 0 Å². The first-order valence-corrected chi connectivity index (χ1v) is 8.55. The number of ether oxygens (including phenoxy) is 1. The molecule has 0 amide bonds. The Labute approximate surface area is 130 Å². The third kappa shape index (κ3) is 4.33. The zero-order chi connectivity index (χ0) is 15.2. The molecule has 0 atom stereocenters. The second-order valence-electron chi connectivity index (χ2n) is 5.83. The summed E-state index contributed by atoms with van der Waals surface area (Å²) >= 11 is 1.23. The predicted molar refractivity (Wildman–Crippen MR) is 86.7 cm³/mol. The summed E-state index contributed by atoms with van der Waals surface area (Å²) in [5.74, 6) is 1.54. The van der Waals surface area contributed by atoms with Gasteiger partial charge in [0.1, 0.15) is 10.6 Å². The van der Waals surface area contributed by atoms with Gasteiger partial charge in [-0.25, -0.2) is 4.79 Å². The normalized spacial score (nSPS) is 22.0. The summed E-state index contributed by atoms with van der Waals surface area (Å²) in [6.45, 7) is 5.31. The van der Waals surface area contributed by atoms with Crippen molar-refractivity contribution in [3.05, 3.63) is 5.56 Å². The molecule has 1 fully saturated rings. The van der Waals surface area contributed by atoms with Crippen LogP contribution in [-0.2, 0) is 4.74 Å². The van der Waals surface area contributed by atoms with Crippen LogP contribution in [0, 0.1) is 11.8 Å². The molecule has 6 heteroatoms. The number of carbonyl (C=O) groups excluding carboxylic acids is 1. The van der Waals surface area contributed by atoms with Crippen LogP contribution >= 0.6 is 11.5 Å². The van der Waals surface area contributed by atoms with Gasteiger partial charge in [-0.2, -0.15) is 4.37 Å². The van der Waals surface area contributed by atoms with Gasteiger partial charge in [0.15, 0.2) is 5.82 Å². The molecule has 0 aromatic carbocycles. The van der Waals surface area contributed by atoms with Crippen molar-refractivity contribution in [1.29, 1.82) is 0 Å². The van der Waals surface area contributed by atoms with Crippen LogP contribution in [0.4, 0.5) is 10.8 Å². The molecule has 1 aliphatic carbocycles. The maximum Gasteiger partial charge on any atom is 0.344 e. The third-order valence-electron chi connectivity index (χ3n) is 4.17. The SMILES string of the molecule is CCOC(=O)c1c(N)nsc1NCCC1CCC(C)CC1. The summed E-state index contributed by atoms with van der Waals surface area (Å²) in [5, 5.41) is 4.04. The summed E-state index contributed by atoms with van der Waals surface area (Å²) in [4.78, 5) is 11.9. The first-order valence-electron chi connectivity index (χ1n) is 7.78. The van der Waals surface area contributed by atoms with E-state index in [1.165, 1.54) is 37.2 Å². The number of hydrogen-bond donors (Lipinski definition) is 2. The Bertz CT molecular complexity index is 467. The lowest BCUT2D eigenvalue weighted by atomic mass is 9.81. The van der Waals surface area contributed by atoms with Gasteiger partial charge >= 0.3 is 5.97 Å². The van der Waals surface area contributed by atoms with Crippen molar-refractivity contribution in [1.82, 2.24) is 4.37 Å². The molecule has 2 rings (SSSR count). The Morgan fingerprint density at radius 3 is 2.81 bits per heavy atom. The van der Waals surface area contributed by atoms with Crippen molar-refractivity contribution in [2.24, 2.45) is 11.8 Å². The number of carbonyl (C=O) groups is 1. The Morgan fingerprint density at radius 2 is 2.14 bits per heavy atom. The van der Waals surface area contributed by atoms with E-state index in [4.69, 9.17) is 10.5 Å². The third-order valence-corrected chi connectivity index (χ3v) is 4.99. The van der Waals surface area contributed by atoms with Crippen molar-refractivity contribution in [2.45, 2.75) is 46.0 Å². The molecular formula is C15H25N3O2S. The van der Waals surface area contributed by atoms with E-state index >= 15 is 0 Å². The van der Waals surface area contributed by atoms with Gasteiger partial charge in [-0.15, -0.1) is 0 Å². The van der Waals surface area contributed by atoms with E-state index in [0.29, 0.717) is 12.2 Å². The van der Waals surface area contributed by atoms with Gasteiger partial charge in [0.2, 0.25) is 0 Å². The first-order chi connectivity index (χ1) is 10.1. The molecule has 0 saturated heterocycles. The number of hydrogen-bond acceptors (Lipinski definition) is 6.